The van der Waals surface area contributed by atoms with E-state index in [2.05, 4.69) is 4.74 Å². The van der Waals surface area contributed by atoms with Crippen LogP contribution in [0.5, 0.6) is 5.75 Å². The number of alkyl halides is 3. The molecule has 0 heterocycles. The fraction of sp³-hybridized carbons (Fsp3) is 0.588. The van der Waals surface area contributed by atoms with Gasteiger partial charge in [-0.3, -0.25) is 4.79 Å². The first-order chi connectivity index (χ1) is 11.1. The van der Waals surface area contributed by atoms with Gasteiger partial charge in [-0.1, -0.05) is 25.0 Å². The number of amides is 1. The first kappa shape index (κ1) is 21.6. The summed E-state index contributed by atoms with van der Waals surface area (Å²) >= 11 is 0. The molecule has 2 unspecified atom stereocenters. The fourth-order valence-electron chi connectivity index (χ4n) is 3.22. The van der Waals surface area contributed by atoms with Gasteiger partial charge in [0.05, 0.1) is 5.92 Å². The van der Waals surface area contributed by atoms with E-state index in [0.29, 0.717) is 5.56 Å². The lowest BCUT2D eigenvalue weighted by molar-refractivity contribution is -0.274. The maximum absolute atomic E-state index is 12.7. The highest BCUT2D eigenvalue weighted by Gasteiger charge is 2.39. The summed E-state index contributed by atoms with van der Waals surface area (Å²) in [6.07, 6.45) is -1.22. The molecule has 1 aromatic carbocycles. The standard InChI is InChI=1S/C17H23F3N2O2.ClH/c1-16(21)9-4-3-8-14(16)15(23)22(2)11-12-6-5-7-13(10-12)24-17(18,19)20;/h5-7,10,14H,3-4,8-9,11,21H2,1-2H3;1H. The number of nitrogens with two attached hydrogens (primary N) is 1. The van der Waals surface area contributed by atoms with Crippen LogP contribution in [0.2, 0.25) is 0 Å². The van der Waals surface area contributed by atoms with Gasteiger partial charge in [-0.25, -0.2) is 0 Å². The van der Waals surface area contributed by atoms with E-state index >= 15 is 0 Å². The molecule has 1 aliphatic carbocycles. The molecule has 8 heteroatoms. The zero-order chi connectivity index (χ0) is 18.0. The van der Waals surface area contributed by atoms with E-state index in [1.807, 2.05) is 6.92 Å². The summed E-state index contributed by atoms with van der Waals surface area (Å²) < 4.78 is 40.8. The number of ether oxygens (including phenoxy) is 1. The highest BCUT2D eigenvalue weighted by atomic mass is 35.5. The summed E-state index contributed by atoms with van der Waals surface area (Å²) in [5.41, 5.74) is 6.29. The molecule has 1 saturated carbocycles. The van der Waals surface area contributed by atoms with Crippen LogP contribution in [-0.2, 0) is 11.3 Å². The number of carbonyl (C=O) groups excluding carboxylic acids is 1. The van der Waals surface area contributed by atoms with Crippen LogP contribution in [0.15, 0.2) is 24.3 Å². The Kier molecular flexibility index (Phi) is 7.14. The van der Waals surface area contributed by atoms with Gasteiger partial charge in [0, 0.05) is 19.1 Å². The molecule has 0 radical (unpaired) electrons. The second-order valence-corrected chi connectivity index (χ2v) is 6.69. The normalized spacial score (nSPS) is 23.5. The number of hydrogen-bond acceptors (Lipinski definition) is 3. The zero-order valence-electron chi connectivity index (χ0n) is 14.3. The van der Waals surface area contributed by atoms with Crippen molar-refractivity contribution in [2.24, 2.45) is 11.7 Å². The molecule has 0 aromatic heterocycles. The number of benzene rings is 1. The van der Waals surface area contributed by atoms with Gasteiger partial charge in [0.25, 0.3) is 0 Å². The largest absolute Gasteiger partial charge is 0.573 e. The second-order valence-electron chi connectivity index (χ2n) is 6.69. The van der Waals surface area contributed by atoms with E-state index in [4.69, 9.17) is 5.73 Å². The van der Waals surface area contributed by atoms with Crippen molar-refractivity contribution >= 4 is 18.3 Å². The number of nitrogens with zero attached hydrogens (tertiary/aromatic N) is 1. The first-order valence-corrected chi connectivity index (χ1v) is 7.97. The average Bonchev–Trinajstić information content (AvgIpc) is 2.44. The molecule has 0 aliphatic heterocycles. The lowest BCUT2D eigenvalue weighted by atomic mass is 9.74. The van der Waals surface area contributed by atoms with Crippen molar-refractivity contribution in [3.8, 4) is 5.75 Å². The van der Waals surface area contributed by atoms with E-state index < -0.39 is 11.9 Å². The van der Waals surface area contributed by atoms with E-state index in [1.54, 1.807) is 13.1 Å². The van der Waals surface area contributed by atoms with E-state index in [-0.39, 0.29) is 36.5 Å². The number of hydrogen-bond donors (Lipinski definition) is 1. The third-order valence-corrected chi connectivity index (χ3v) is 4.48. The van der Waals surface area contributed by atoms with Crippen molar-refractivity contribution in [3.05, 3.63) is 29.8 Å². The number of halogens is 4. The van der Waals surface area contributed by atoms with Gasteiger partial charge in [0.2, 0.25) is 5.91 Å². The van der Waals surface area contributed by atoms with Gasteiger partial charge in [0.1, 0.15) is 5.75 Å². The topological polar surface area (TPSA) is 55.6 Å². The quantitative estimate of drug-likeness (QED) is 0.862. The molecule has 1 aliphatic rings. The Bertz CT molecular complexity index is 594. The van der Waals surface area contributed by atoms with E-state index in [1.165, 1.54) is 23.1 Å². The molecule has 0 spiro atoms. The lowest BCUT2D eigenvalue weighted by Gasteiger charge is -2.39. The zero-order valence-corrected chi connectivity index (χ0v) is 15.1. The molecule has 1 fully saturated rings. The van der Waals surface area contributed by atoms with Crippen LogP contribution in [0, 0.1) is 5.92 Å². The van der Waals surface area contributed by atoms with Crippen molar-refractivity contribution in [2.45, 2.75) is 51.1 Å². The smallest absolute Gasteiger partial charge is 0.406 e. The van der Waals surface area contributed by atoms with Gasteiger partial charge in [0.15, 0.2) is 0 Å². The Hall–Kier alpha value is -1.47. The number of carbonyl (C=O) groups is 1. The van der Waals surface area contributed by atoms with Gasteiger partial charge in [-0.15, -0.1) is 25.6 Å². The molecule has 142 valence electrons. The molecule has 0 saturated heterocycles. The first-order valence-electron chi connectivity index (χ1n) is 7.97. The predicted molar refractivity (Wildman–Crippen MR) is 91.4 cm³/mol. The Morgan fingerprint density at radius 2 is 2.08 bits per heavy atom. The monoisotopic (exact) mass is 380 g/mol. The SMILES string of the molecule is CN(Cc1cccc(OC(F)(F)F)c1)C(=O)C1CCCCC1(C)N.Cl. The summed E-state index contributed by atoms with van der Waals surface area (Å²) in [5, 5.41) is 0. The van der Waals surface area contributed by atoms with E-state index in [9.17, 15) is 18.0 Å². The summed E-state index contributed by atoms with van der Waals surface area (Å²) in [6, 6.07) is 5.66. The minimum atomic E-state index is -4.73. The molecule has 4 nitrogen and oxygen atoms in total. The molecule has 1 aromatic rings. The van der Waals surface area contributed by atoms with Crippen molar-refractivity contribution in [2.75, 3.05) is 7.05 Å². The van der Waals surface area contributed by atoms with Crippen molar-refractivity contribution < 1.29 is 22.7 Å². The lowest BCUT2D eigenvalue weighted by Crippen LogP contribution is -2.53. The van der Waals surface area contributed by atoms with Gasteiger partial charge < -0.3 is 15.4 Å². The van der Waals surface area contributed by atoms with Crippen molar-refractivity contribution in [1.82, 2.24) is 4.90 Å². The molecule has 2 N–H and O–H groups in total. The Balaban J connectivity index is 0.00000312. The van der Waals surface area contributed by atoms with Crippen LogP contribution < -0.4 is 10.5 Å². The van der Waals surface area contributed by atoms with Crippen LogP contribution in [0.3, 0.4) is 0 Å². The van der Waals surface area contributed by atoms with E-state index in [0.717, 1.165) is 25.7 Å². The van der Waals surface area contributed by atoms with Crippen LogP contribution in [-0.4, -0.2) is 29.8 Å². The van der Waals surface area contributed by atoms with Crippen LogP contribution in [0.4, 0.5) is 13.2 Å². The second kappa shape index (κ2) is 8.27. The number of rotatable bonds is 4. The Morgan fingerprint density at radius 1 is 1.40 bits per heavy atom. The van der Waals surface area contributed by atoms with Gasteiger partial charge in [-0.05, 0) is 37.5 Å². The molecular weight excluding hydrogens is 357 g/mol. The van der Waals surface area contributed by atoms with Crippen molar-refractivity contribution in [3.63, 3.8) is 0 Å². The molecule has 25 heavy (non-hydrogen) atoms. The van der Waals surface area contributed by atoms with Crippen molar-refractivity contribution in [1.29, 1.82) is 0 Å². The fourth-order valence-corrected chi connectivity index (χ4v) is 3.22. The molecule has 1 amide bonds. The summed E-state index contributed by atoms with van der Waals surface area (Å²) in [5.74, 6) is -0.616. The Labute approximate surface area is 151 Å². The highest BCUT2D eigenvalue weighted by molar-refractivity contribution is 5.85. The average molecular weight is 381 g/mol. The van der Waals surface area contributed by atoms with Crippen LogP contribution >= 0.6 is 12.4 Å². The predicted octanol–water partition coefficient (Wildman–Crippen LogP) is 3.87. The highest BCUT2D eigenvalue weighted by Crippen LogP contribution is 2.33. The van der Waals surface area contributed by atoms with Crippen LogP contribution in [0.1, 0.15) is 38.2 Å². The molecule has 0 bridgehead atoms. The minimum absolute atomic E-state index is 0. The van der Waals surface area contributed by atoms with Gasteiger partial charge >= 0.3 is 6.36 Å². The third kappa shape index (κ3) is 6.08. The minimum Gasteiger partial charge on any atom is -0.406 e. The molecule has 2 atom stereocenters. The maximum atomic E-state index is 12.7. The van der Waals surface area contributed by atoms with Crippen LogP contribution in [0.25, 0.3) is 0 Å². The summed E-state index contributed by atoms with van der Waals surface area (Å²) in [4.78, 5) is 14.2. The molecular formula is C17H24ClF3N2O2. The Morgan fingerprint density at radius 3 is 2.68 bits per heavy atom. The molecule has 2 rings (SSSR count). The van der Waals surface area contributed by atoms with Gasteiger partial charge in [-0.2, -0.15) is 0 Å². The third-order valence-electron chi connectivity index (χ3n) is 4.48. The maximum Gasteiger partial charge on any atom is 0.573 e. The summed E-state index contributed by atoms with van der Waals surface area (Å²) in [6.45, 7) is 2.10. The summed E-state index contributed by atoms with van der Waals surface area (Å²) in [7, 11) is 1.64.